The summed E-state index contributed by atoms with van der Waals surface area (Å²) in [5, 5.41) is 2.88. The van der Waals surface area contributed by atoms with Crippen LogP contribution in [0.25, 0.3) is 0 Å². The summed E-state index contributed by atoms with van der Waals surface area (Å²) in [7, 11) is -0.377. The second kappa shape index (κ2) is 13.4. The van der Waals surface area contributed by atoms with E-state index in [0.717, 1.165) is 42.8 Å². The molecule has 1 atom stereocenters. The van der Waals surface area contributed by atoms with E-state index in [0.29, 0.717) is 25.7 Å². The Bertz CT molecular complexity index is 1280. The number of rotatable bonds is 11. The molecular formula is C31H43N3O6S. The number of sulfonamides is 1. The largest absolute Gasteiger partial charge is 0.490 e. The van der Waals surface area contributed by atoms with E-state index in [-0.39, 0.29) is 24.0 Å². The summed E-state index contributed by atoms with van der Waals surface area (Å²) in [4.78, 5) is 29.3. The average Bonchev–Trinajstić information content (AvgIpc) is 3.46. The summed E-state index contributed by atoms with van der Waals surface area (Å²) in [5.41, 5.74) is 0.485. The van der Waals surface area contributed by atoms with Crippen molar-refractivity contribution in [3.05, 3.63) is 59.7 Å². The topological polar surface area (TPSA) is 105 Å². The first-order valence-electron chi connectivity index (χ1n) is 14.5. The van der Waals surface area contributed by atoms with Gasteiger partial charge in [0.05, 0.1) is 11.5 Å². The van der Waals surface area contributed by atoms with E-state index in [1.807, 2.05) is 31.2 Å². The van der Waals surface area contributed by atoms with Crippen molar-refractivity contribution in [3.63, 3.8) is 0 Å². The number of carbonyl (C=O) groups excluding carboxylic acids is 2. The first kappa shape index (κ1) is 31.0. The molecule has 4 rings (SSSR count). The molecule has 2 aromatic rings. The van der Waals surface area contributed by atoms with E-state index in [1.165, 1.54) is 11.4 Å². The van der Waals surface area contributed by atoms with Crippen LogP contribution in [0.5, 0.6) is 5.75 Å². The van der Waals surface area contributed by atoms with Gasteiger partial charge in [-0.3, -0.25) is 4.79 Å². The Kier molecular flexibility index (Phi) is 10.1. The van der Waals surface area contributed by atoms with E-state index in [1.54, 1.807) is 31.2 Å². The van der Waals surface area contributed by atoms with Crippen LogP contribution in [0.15, 0.2) is 53.4 Å². The van der Waals surface area contributed by atoms with Gasteiger partial charge >= 0.3 is 5.97 Å². The van der Waals surface area contributed by atoms with Gasteiger partial charge in [0.25, 0.3) is 0 Å². The van der Waals surface area contributed by atoms with Gasteiger partial charge in [-0.2, -0.15) is 4.31 Å². The molecule has 0 unspecified atom stereocenters. The van der Waals surface area contributed by atoms with Crippen LogP contribution in [0, 0.1) is 6.92 Å². The predicted octanol–water partition coefficient (Wildman–Crippen LogP) is 3.69. The maximum atomic E-state index is 13.9. The molecule has 41 heavy (non-hydrogen) atoms. The maximum Gasteiger partial charge on any atom is 0.328 e. The molecule has 1 aliphatic heterocycles. The van der Waals surface area contributed by atoms with Crippen LogP contribution < -0.4 is 10.1 Å². The third kappa shape index (κ3) is 7.28. The molecule has 2 aliphatic rings. The summed E-state index contributed by atoms with van der Waals surface area (Å²) in [6.45, 7) is 5.78. The van der Waals surface area contributed by atoms with Gasteiger partial charge in [0.2, 0.25) is 15.9 Å². The zero-order valence-corrected chi connectivity index (χ0v) is 25.4. The van der Waals surface area contributed by atoms with Crippen LogP contribution in [0.4, 0.5) is 0 Å². The average molecular weight is 586 g/mol. The molecule has 1 saturated heterocycles. The SMILES string of the molecule is CCOC(=O)[C@H](Cc1ccc(OC2CCN(C)CC2)cc1)NC(=O)C1(N(C)S(=O)(=O)c2ccc(C)cc2)CCCC1. The number of nitrogens with one attached hydrogen (secondary N) is 1. The summed E-state index contributed by atoms with van der Waals surface area (Å²) < 4.78 is 39.8. The molecule has 1 aliphatic carbocycles. The number of benzene rings is 2. The van der Waals surface area contributed by atoms with E-state index >= 15 is 0 Å². The lowest BCUT2D eigenvalue weighted by molar-refractivity contribution is -0.148. The monoisotopic (exact) mass is 585 g/mol. The van der Waals surface area contributed by atoms with Crippen molar-refractivity contribution < 1.29 is 27.5 Å². The molecule has 2 fully saturated rings. The van der Waals surface area contributed by atoms with Crippen LogP contribution in [-0.4, -0.2) is 81.0 Å². The number of ether oxygens (including phenoxy) is 2. The fourth-order valence-electron chi connectivity index (χ4n) is 5.71. The Balaban J connectivity index is 1.50. The molecule has 0 radical (unpaired) electrons. The standard InChI is InChI=1S/C31H43N3O6S/c1-5-39-29(35)28(22-24-10-12-25(13-11-24)40-26-16-20-33(3)21-17-26)32-30(36)31(18-6-7-19-31)34(4)41(37,38)27-14-8-23(2)9-15-27/h8-15,26,28H,5-7,16-22H2,1-4H3,(H,32,36)/t28-/m0/s1. The Morgan fingerprint density at radius 2 is 1.66 bits per heavy atom. The van der Waals surface area contributed by atoms with Crippen LogP contribution in [0.1, 0.15) is 56.6 Å². The minimum absolute atomic E-state index is 0.133. The second-order valence-corrected chi connectivity index (χ2v) is 13.2. The van der Waals surface area contributed by atoms with Gasteiger partial charge in [-0.15, -0.1) is 0 Å². The molecule has 1 N–H and O–H groups in total. The predicted molar refractivity (Wildman–Crippen MR) is 157 cm³/mol. The first-order chi connectivity index (χ1) is 19.5. The van der Waals surface area contributed by atoms with Crippen molar-refractivity contribution in [2.45, 2.75) is 81.4 Å². The highest BCUT2D eigenvalue weighted by Crippen LogP contribution is 2.38. The van der Waals surface area contributed by atoms with Gasteiger partial charge in [-0.05, 0) is 76.4 Å². The molecule has 1 saturated carbocycles. The minimum Gasteiger partial charge on any atom is -0.490 e. The fraction of sp³-hybridized carbons (Fsp3) is 0.548. The number of carbonyl (C=O) groups is 2. The highest BCUT2D eigenvalue weighted by atomic mass is 32.2. The summed E-state index contributed by atoms with van der Waals surface area (Å²) >= 11 is 0. The van der Waals surface area contributed by atoms with Crippen LogP contribution in [0.3, 0.4) is 0 Å². The third-order valence-electron chi connectivity index (χ3n) is 8.34. The molecule has 0 aromatic heterocycles. The summed E-state index contributed by atoms with van der Waals surface area (Å²) in [6, 6.07) is 13.2. The Hall–Kier alpha value is -2.95. The zero-order valence-electron chi connectivity index (χ0n) is 24.6. The van der Waals surface area contributed by atoms with Crippen LogP contribution in [0.2, 0.25) is 0 Å². The molecule has 2 aromatic carbocycles. The molecule has 0 spiro atoms. The molecule has 1 amide bonds. The summed E-state index contributed by atoms with van der Waals surface area (Å²) in [6.07, 6.45) is 4.52. The number of hydrogen-bond acceptors (Lipinski definition) is 7. The van der Waals surface area contributed by atoms with E-state index in [4.69, 9.17) is 9.47 Å². The number of aryl methyl sites for hydroxylation is 1. The van der Waals surface area contributed by atoms with E-state index in [2.05, 4.69) is 17.3 Å². The van der Waals surface area contributed by atoms with Gasteiger partial charge in [-0.1, -0.05) is 42.7 Å². The highest BCUT2D eigenvalue weighted by Gasteiger charge is 2.50. The van der Waals surface area contributed by atoms with Crippen LogP contribution in [-0.2, 0) is 30.8 Å². The zero-order chi connectivity index (χ0) is 29.6. The number of nitrogens with zero attached hydrogens (tertiary/aromatic N) is 2. The molecule has 224 valence electrons. The normalized spacial score (nSPS) is 18.7. The van der Waals surface area contributed by atoms with Gasteiger partial charge in [-0.25, -0.2) is 13.2 Å². The van der Waals surface area contributed by atoms with Gasteiger partial charge in [0, 0.05) is 26.6 Å². The minimum atomic E-state index is -3.95. The van der Waals surface area contributed by atoms with Crippen molar-refractivity contribution >= 4 is 21.9 Å². The molecular weight excluding hydrogens is 542 g/mol. The quantitative estimate of drug-likeness (QED) is 0.401. The Morgan fingerprint density at radius 3 is 2.24 bits per heavy atom. The molecule has 1 heterocycles. The van der Waals surface area contributed by atoms with E-state index < -0.39 is 33.5 Å². The number of hydrogen-bond donors (Lipinski definition) is 1. The van der Waals surface area contributed by atoms with E-state index in [9.17, 15) is 18.0 Å². The number of esters is 1. The first-order valence-corrected chi connectivity index (χ1v) is 16.0. The van der Waals surface area contributed by atoms with Gasteiger partial charge in [0.1, 0.15) is 23.4 Å². The van der Waals surface area contributed by atoms with Crippen molar-refractivity contribution in [3.8, 4) is 5.75 Å². The van der Waals surface area contributed by atoms with Crippen molar-refractivity contribution in [1.29, 1.82) is 0 Å². The van der Waals surface area contributed by atoms with Crippen molar-refractivity contribution in [2.75, 3.05) is 33.8 Å². The van der Waals surface area contributed by atoms with Crippen molar-refractivity contribution in [1.82, 2.24) is 14.5 Å². The third-order valence-corrected chi connectivity index (χ3v) is 10.3. The fourth-order valence-corrected chi connectivity index (χ4v) is 7.23. The maximum absolute atomic E-state index is 13.9. The molecule has 10 heteroatoms. The number of likely N-dealkylation sites (tertiary alicyclic amines) is 1. The smallest absolute Gasteiger partial charge is 0.328 e. The lowest BCUT2D eigenvalue weighted by Crippen LogP contribution is -2.60. The number of likely N-dealkylation sites (N-methyl/N-ethyl adjacent to an activating group) is 1. The number of amides is 1. The van der Waals surface area contributed by atoms with Crippen molar-refractivity contribution in [2.24, 2.45) is 0 Å². The molecule has 9 nitrogen and oxygen atoms in total. The van der Waals surface area contributed by atoms with Gasteiger partial charge in [0.15, 0.2) is 0 Å². The lowest BCUT2D eigenvalue weighted by Gasteiger charge is -2.37. The molecule has 0 bridgehead atoms. The van der Waals surface area contributed by atoms with Gasteiger partial charge < -0.3 is 19.7 Å². The Labute approximate surface area is 244 Å². The lowest BCUT2D eigenvalue weighted by atomic mass is 9.95. The second-order valence-electron chi connectivity index (χ2n) is 11.3. The highest BCUT2D eigenvalue weighted by molar-refractivity contribution is 7.89. The van der Waals surface area contributed by atoms with Crippen LogP contribution >= 0.6 is 0 Å². The summed E-state index contributed by atoms with van der Waals surface area (Å²) in [5.74, 6) is -0.258. The number of piperidine rings is 1. The Morgan fingerprint density at radius 1 is 1.05 bits per heavy atom.